The minimum absolute atomic E-state index is 0.0717. The average Bonchev–Trinajstić information content (AvgIpc) is 2.29. The summed E-state index contributed by atoms with van der Waals surface area (Å²) in [4.78, 5) is 10.8. The number of ether oxygens (including phenoxy) is 1. The van der Waals surface area contributed by atoms with Crippen molar-refractivity contribution in [2.24, 2.45) is 0 Å². The van der Waals surface area contributed by atoms with Crippen LogP contribution in [-0.4, -0.2) is 19.6 Å². The molecule has 3 N–H and O–H groups in total. The molecule has 0 aliphatic carbocycles. The Balaban J connectivity index is 2.71. The first kappa shape index (κ1) is 14.1. The van der Waals surface area contributed by atoms with Crippen molar-refractivity contribution in [1.29, 1.82) is 0 Å². The number of nitrogens with two attached hydrogens (primary N) is 1. The molecule has 0 fully saturated rings. The van der Waals surface area contributed by atoms with E-state index >= 15 is 0 Å². The molecular weight excluding hydrogens is 249 g/mol. The number of anilines is 2. The molecule has 0 spiro atoms. The van der Waals surface area contributed by atoms with Crippen molar-refractivity contribution in [3.05, 3.63) is 23.8 Å². The summed E-state index contributed by atoms with van der Waals surface area (Å²) in [6.07, 6.45) is -4.42. The van der Waals surface area contributed by atoms with Gasteiger partial charge in [0.2, 0.25) is 0 Å². The quantitative estimate of drug-likeness (QED) is 0.645. The Morgan fingerprint density at radius 1 is 1.44 bits per heavy atom. The molecule has 0 bridgehead atoms. The van der Waals surface area contributed by atoms with E-state index in [2.05, 4.69) is 10.1 Å². The van der Waals surface area contributed by atoms with Gasteiger partial charge in [0.25, 0.3) is 0 Å². The maximum absolute atomic E-state index is 12.6. The van der Waals surface area contributed by atoms with Gasteiger partial charge in [-0.1, -0.05) is 0 Å². The van der Waals surface area contributed by atoms with Crippen molar-refractivity contribution in [2.75, 3.05) is 24.7 Å². The van der Waals surface area contributed by atoms with Gasteiger partial charge in [0.15, 0.2) is 0 Å². The maximum Gasteiger partial charge on any atom is 0.418 e. The maximum atomic E-state index is 12.6. The zero-order chi connectivity index (χ0) is 13.8. The van der Waals surface area contributed by atoms with E-state index in [0.29, 0.717) is 0 Å². The van der Waals surface area contributed by atoms with Gasteiger partial charge in [0.1, 0.15) is 0 Å². The number of benzene rings is 1. The lowest BCUT2D eigenvalue weighted by molar-refractivity contribution is -0.140. The topological polar surface area (TPSA) is 64.3 Å². The number of halogens is 3. The van der Waals surface area contributed by atoms with E-state index in [1.807, 2.05) is 0 Å². The Bertz CT molecular complexity index is 433. The molecule has 0 atom stereocenters. The zero-order valence-corrected chi connectivity index (χ0v) is 9.67. The smallest absolute Gasteiger partial charge is 0.418 e. The standard InChI is InChI=1S/C11H13F3N2O2/c1-18-10(17)4-5-16-7-2-3-9(15)8(6-7)11(12,13)14/h2-3,6,16H,4-5,15H2,1H3. The molecule has 1 rings (SSSR count). The summed E-state index contributed by atoms with van der Waals surface area (Å²) in [5.41, 5.74) is 4.27. The van der Waals surface area contributed by atoms with Crippen LogP contribution in [0.3, 0.4) is 0 Å². The van der Waals surface area contributed by atoms with Crippen LogP contribution in [0.5, 0.6) is 0 Å². The number of carbonyl (C=O) groups is 1. The highest BCUT2D eigenvalue weighted by atomic mass is 19.4. The van der Waals surface area contributed by atoms with Crippen molar-refractivity contribution >= 4 is 17.3 Å². The number of hydrogen-bond acceptors (Lipinski definition) is 4. The molecule has 0 radical (unpaired) electrons. The molecule has 18 heavy (non-hydrogen) atoms. The molecule has 0 heterocycles. The van der Waals surface area contributed by atoms with Crippen LogP contribution in [0, 0.1) is 0 Å². The predicted molar refractivity (Wildman–Crippen MR) is 61.0 cm³/mol. The third-order valence-electron chi connectivity index (χ3n) is 2.24. The number of alkyl halides is 3. The van der Waals surface area contributed by atoms with Gasteiger partial charge in [0, 0.05) is 17.9 Å². The highest BCUT2D eigenvalue weighted by Crippen LogP contribution is 2.35. The zero-order valence-electron chi connectivity index (χ0n) is 9.67. The summed E-state index contributed by atoms with van der Waals surface area (Å²) < 4.78 is 42.1. The summed E-state index contributed by atoms with van der Waals surface area (Å²) in [6.45, 7) is 0.188. The first-order chi connectivity index (χ1) is 8.34. The lowest BCUT2D eigenvalue weighted by atomic mass is 10.1. The van der Waals surface area contributed by atoms with Crippen LogP contribution in [-0.2, 0) is 15.7 Å². The van der Waals surface area contributed by atoms with Gasteiger partial charge in [-0.25, -0.2) is 0 Å². The average molecular weight is 262 g/mol. The highest BCUT2D eigenvalue weighted by molar-refractivity contribution is 5.70. The summed E-state index contributed by atoms with van der Waals surface area (Å²) in [5, 5.41) is 2.69. The fourth-order valence-corrected chi connectivity index (χ4v) is 1.32. The molecule has 7 heteroatoms. The second-order valence-electron chi connectivity index (χ2n) is 3.55. The number of nitrogen functional groups attached to an aromatic ring is 1. The molecule has 0 saturated heterocycles. The fraction of sp³-hybridized carbons (Fsp3) is 0.364. The molecular formula is C11H13F3N2O2. The van der Waals surface area contributed by atoms with Crippen LogP contribution >= 0.6 is 0 Å². The number of methoxy groups -OCH3 is 1. The van der Waals surface area contributed by atoms with Gasteiger partial charge in [-0.05, 0) is 18.2 Å². The predicted octanol–water partition coefficient (Wildman–Crippen LogP) is 2.26. The first-order valence-electron chi connectivity index (χ1n) is 5.12. The van der Waals surface area contributed by atoms with E-state index < -0.39 is 17.7 Å². The van der Waals surface area contributed by atoms with E-state index in [1.54, 1.807) is 0 Å². The number of rotatable bonds is 4. The van der Waals surface area contributed by atoms with Crippen molar-refractivity contribution in [2.45, 2.75) is 12.6 Å². The lowest BCUT2D eigenvalue weighted by Crippen LogP contribution is -2.12. The fourth-order valence-electron chi connectivity index (χ4n) is 1.32. The van der Waals surface area contributed by atoms with Gasteiger partial charge in [-0.15, -0.1) is 0 Å². The van der Waals surface area contributed by atoms with Crippen LogP contribution in [0.25, 0.3) is 0 Å². The second-order valence-corrected chi connectivity index (χ2v) is 3.55. The van der Waals surface area contributed by atoms with E-state index in [-0.39, 0.29) is 24.3 Å². The Morgan fingerprint density at radius 2 is 2.11 bits per heavy atom. The van der Waals surface area contributed by atoms with E-state index in [0.717, 1.165) is 6.07 Å². The molecule has 0 aromatic heterocycles. The minimum atomic E-state index is -4.50. The Morgan fingerprint density at radius 3 is 2.67 bits per heavy atom. The number of nitrogens with one attached hydrogen (secondary N) is 1. The number of carbonyl (C=O) groups excluding carboxylic acids is 1. The van der Waals surface area contributed by atoms with Gasteiger partial charge < -0.3 is 15.8 Å². The van der Waals surface area contributed by atoms with Crippen LogP contribution in [0.15, 0.2) is 18.2 Å². The third kappa shape index (κ3) is 3.83. The number of hydrogen-bond donors (Lipinski definition) is 2. The summed E-state index contributed by atoms with van der Waals surface area (Å²) in [5.74, 6) is -0.436. The largest absolute Gasteiger partial charge is 0.469 e. The van der Waals surface area contributed by atoms with Crippen LogP contribution < -0.4 is 11.1 Å². The molecule has 1 aromatic rings. The number of esters is 1. The van der Waals surface area contributed by atoms with E-state index in [9.17, 15) is 18.0 Å². The Kier molecular flexibility index (Phi) is 4.41. The van der Waals surface area contributed by atoms with Crippen LogP contribution in [0.2, 0.25) is 0 Å². The SMILES string of the molecule is COC(=O)CCNc1ccc(N)c(C(F)(F)F)c1. The third-order valence-corrected chi connectivity index (χ3v) is 2.24. The highest BCUT2D eigenvalue weighted by Gasteiger charge is 2.33. The molecule has 0 unspecified atom stereocenters. The second kappa shape index (κ2) is 5.61. The molecule has 0 aliphatic rings. The normalized spacial score (nSPS) is 11.1. The van der Waals surface area contributed by atoms with Gasteiger partial charge in [0.05, 0.1) is 19.1 Å². The molecule has 0 saturated carbocycles. The van der Waals surface area contributed by atoms with Gasteiger partial charge in [-0.3, -0.25) is 4.79 Å². The van der Waals surface area contributed by atoms with E-state index in [1.165, 1.54) is 19.2 Å². The van der Waals surface area contributed by atoms with E-state index in [4.69, 9.17) is 5.73 Å². The first-order valence-corrected chi connectivity index (χ1v) is 5.12. The van der Waals surface area contributed by atoms with Crippen molar-refractivity contribution in [1.82, 2.24) is 0 Å². The summed E-state index contributed by atoms with van der Waals surface area (Å²) in [6, 6.07) is 3.50. The Hall–Kier alpha value is -1.92. The minimum Gasteiger partial charge on any atom is -0.469 e. The lowest BCUT2D eigenvalue weighted by Gasteiger charge is -2.12. The Labute approximate surface area is 102 Å². The monoisotopic (exact) mass is 262 g/mol. The van der Waals surface area contributed by atoms with Crippen LogP contribution in [0.4, 0.5) is 24.5 Å². The summed E-state index contributed by atoms with van der Waals surface area (Å²) in [7, 11) is 1.24. The van der Waals surface area contributed by atoms with Crippen molar-refractivity contribution in [3.8, 4) is 0 Å². The molecule has 1 aromatic carbocycles. The van der Waals surface area contributed by atoms with Gasteiger partial charge in [-0.2, -0.15) is 13.2 Å². The molecule has 4 nitrogen and oxygen atoms in total. The van der Waals surface area contributed by atoms with Gasteiger partial charge >= 0.3 is 12.1 Å². The van der Waals surface area contributed by atoms with Crippen LogP contribution in [0.1, 0.15) is 12.0 Å². The molecule has 0 aliphatic heterocycles. The molecule has 0 amide bonds. The van der Waals surface area contributed by atoms with Crippen molar-refractivity contribution in [3.63, 3.8) is 0 Å². The van der Waals surface area contributed by atoms with Crippen molar-refractivity contribution < 1.29 is 22.7 Å². The summed E-state index contributed by atoms with van der Waals surface area (Å²) >= 11 is 0. The molecule has 100 valence electrons.